The Labute approximate surface area is 180 Å². The van der Waals surface area contributed by atoms with Crippen molar-refractivity contribution in [1.29, 1.82) is 0 Å². The van der Waals surface area contributed by atoms with E-state index in [4.69, 9.17) is 10.5 Å². The van der Waals surface area contributed by atoms with Crippen LogP contribution >= 0.6 is 0 Å². The Balaban J connectivity index is 1.55. The third-order valence-corrected chi connectivity index (χ3v) is 5.37. The van der Waals surface area contributed by atoms with Crippen molar-refractivity contribution in [2.75, 3.05) is 6.54 Å². The molecule has 158 valence electrons. The van der Waals surface area contributed by atoms with Gasteiger partial charge in [-0.05, 0) is 55.3 Å². The predicted molar refractivity (Wildman–Crippen MR) is 118 cm³/mol. The van der Waals surface area contributed by atoms with Crippen molar-refractivity contribution in [3.8, 4) is 22.8 Å². The number of likely N-dealkylation sites (tertiary alicyclic amines) is 1. The molecule has 2 amide bonds. The first-order chi connectivity index (χ1) is 15.0. The highest BCUT2D eigenvalue weighted by Crippen LogP contribution is 2.28. The van der Waals surface area contributed by atoms with Crippen molar-refractivity contribution in [2.45, 2.75) is 25.4 Å². The van der Waals surface area contributed by atoms with Gasteiger partial charge >= 0.3 is 0 Å². The van der Waals surface area contributed by atoms with Crippen LogP contribution in [-0.4, -0.2) is 39.1 Å². The highest BCUT2D eigenvalue weighted by Gasteiger charge is 2.28. The van der Waals surface area contributed by atoms with Crippen LogP contribution in [0.3, 0.4) is 0 Å². The van der Waals surface area contributed by atoms with Crippen molar-refractivity contribution < 1.29 is 14.3 Å². The van der Waals surface area contributed by atoms with Crippen molar-refractivity contribution in [2.24, 2.45) is 5.73 Å². The van der Waals surface area contributed by atoms with Crippen LogP contribution in [0, 0.1) is 0 Å². The number of carbonyl (C=O) groups excluding carboxylic acids is 2. The molecule has 7 heteroatoms. The summed E-state index contributed by atoms with van der Waals surface area (Å²) < 4.78 is 7.52. The maximum Gasteiger partial charge on any atom is 0.252 e. The average molecular weight is 416 g/mol. The lowest BCUT2D eigenvalue weighted by Gasteiger charge is -2.23. The largest absolute Gasteiger partial charge is 0.457 e. The third kappa shape index (κ3) is 4.50. The van der Waals surface area contributed by atoms with Crippen LogP contribution in [0.2, 0.25) is 0 Å². The van der Waals surface area contributed by atoms with Gasteiger partial charge in [0.2, 0.25) is 5.91 Å². The molecule has 0 bridgehead atoms. The fraction of sp³-hybridized carbons (Fsp3) is 0.208. The molecule has 2 N–H and O–H groups in total. The van der Waals surface area contributed by atoms with E-state index >= 15 is 0 Å². The molecule has 31 heavy (non-hydrogen) atoms. The first kappa shape index (κ1) is 20.4. The highest BCUT2D eigenvalue weighted by atomic mass is 16.5. The van der Waals surface area contributed by atoms with Crippen LogP contribution in [0.15, 0.2) is 73.4 Å². The number of carbonyl (C=O) groups is 2. The third-order valence-electron chi connectivity index (χ3n) is 5.37. The molecule has 1 unspecified atom stereocenters. The summed E-state index contributed by atoms with van der Waals surface area (Å²) in [6, 6.07) is 16.9. The maximum absolute atomic E-state index is 12.1. The Kier molecular flexibility index (Phi) is 5.84. The number of benzene rings is 2. The van der Waals surface area contributed by atoms with E-state index < -0.39 is 5.91 Å². The zero-order chi connectivity index (χ0) is 21.8. The Morgan fingerprint density at radius 3 is 2.52 bits per heavy atom. The van der Waals surface area contributed by atoms with E-state index in [2.05, 4.69) is 11.7 Å². The Morgan fingerprint density at radius 2 is 1.84 bits per heavy atom. The number of para-hydroxylation sites is 1. The summed E-state index contributed by atoms with van der Waals surface area (Å²) in [6.45, 7) is 4.77. The summed E-state index contributed by atoms with van der Waals surface area (Å²) in [5, 5.41) is 4.61. The van der Waals surface area contributed by atoms with E-state index in [1.54, 1.807) is 15.8 Å². The van der Waals surface area contributed by atoms with E-state index in [1.807, 2.05) is 54.6 Å². The monoisotopic (exact) mass is 416 g/mol. The quantitative estimate of drug-likeness (QED) is 0.596. The highest BCUT2D eigenvalue weighted by molar-refractivity contribution is 5.98. The molecule has 0 aliphatic carbocycles. The van der Waals surface area contributed by atoms with Crippen LogP contribution in [0.5, 0.6) is 11.5 Å². The fourth-order valence-corrected chi connectivity index (χ4v) is 3.86. The number of nitrogens with zero attached hydrogens (tertiary/aromatic N) is 3. The SMILES string of the molecule is C=CC(=O)N1CCCC1Cn1cc(C(N)=O)c(-c2ccc(Oc3ccccc3)cc2)n1. The second-order valence-electron chi connectivity index (χ2n) is 7.45. The Bertz CT molecular complexity index is 1090. The van der Waals surface area contributed by atoms with Crippen molar-refractivity contribution in [1.82, 2.24) is 14.7 Å². The number of aromatic nitrogens is 2. The minimum Gasteiger partial charge on any atom is -0.457 e. The zero-order valence-corrected chi connectivity index (χ0v) is 17.1. The van der Waals surface area contributed by atoms with Crippen LogP contribution in [-0.2, 0) is 11.3 Å². The molecule has 0 radical (unpaired) electrons. The number of rotatable bonds is 7. The topological polar surface area (TPSA) is 90.5 Å². The average Bonchev–Trinajstić information content (AvgIpc) is 3.42. The smallest absolute Gasteiger partial charge is 0.252 e. The van der Waals surface area contributed by atoms with Gasteiger partial charge in [0, 0.05) is 18.3 Å². The van der Waals surface area contributed by atoms with E-state index in [1.165, 1.54) is 6.08 Å². The molecular formula is C24H24N4O3. The summed E-state index contributed by atoms with van der Waals surface area (Å²) in [5.41, 5.74) is 7.23. The molecule has 2 aromatic carbocycles. The standard InChI is InChI=1S/C24H24N4O3/c1-2-22(29)28-14-6-7-18(28)15-27-16-21(24(25)30)23(26-27)17-10-12-20(13-11-17)31-19-8-4-3-5-9-19/h2-5,8-13,16,18H,1,6-7,14-15H2,(H2,25,30). The van der Waals surface area contributed by atoms with Crippen LogP contribution in [0.4, 0.5) is 0 Å². The fourth-order valence-electron chi connectivity index (χ4n) is 3.86. The summed E-state index contributed by atoms with van der Waals surface area (Å²) in [4.78, 5) is 25.9. The molecule has 1 fully saturated rings. The molecule has 1 aliphatic heterocycles. The lowest BCUT2D eigenvalue weighted by molar-refractivity contribution is -0.127. The van der Waals surface area contributed by atoms with Gasteiger partial charge in [0.25, 0.3) is 5.91 Å². The molecule has 4 rings (SSSR count). The van der Waals surface area contributed by atoms with Gasteiger partial charge < -0.3 is 15.4 Å². The van der Waals surface area contributed by atoms with Crippen LogP contribution in [0.1, 0.15) is 23.2 Å². The van der Waals surface area contributed by atoms with Gasteiger partial charge in [-0.3, -0.25) is 14.3 Å². The summed E-state index contributed by atoms with van der Waals surface area (Å²) in [6.07, 6.45) is 4.80. The Morgan fingerprint density at radius 1 is 1.13 bits per heavy atom. The van der Waals surface area contributed by atoms with E-state index in [-0.39, 0.29) is 11.9 Å². The molecule has 1 saturated heterocycles. The predicted octanol–water partition coefficient (Wildman–Crippen LogP) is 3.62. The lowest BCUT2D eigenvalue weighted by Crippen LogP contribution is -2.37. The number of primary amides is 1. The van der Waals surface area contributed by atoms with Gasteiger partial charge in [-0.15, -0.1) is 0 Å². The van der Waals surface area contributed by atoms with Gasteiger partial charge in [0.1, 0.15) is 17.2 Å². The second kappa shape index (κ2) is 8.87. The molecular weight excluding hydrogens is 392 g/mol. The molecule has 3 aromatic rings. The number of amides is 2. The van der Waals surface area contributed by atoms with E-state index in [0.717, 1.165) is 24.2 Å². The minimum absolute atomic E-state index is 0.0145. The number of ether oxygens (including phenoxy) is 1. The molecule has 1 aromatic heterocycles. The molecule has 7 nitrogen and oxygen atoms in total. The Hall–Kier alpha value is -3.87. The summed E-state index contributed by atoms with van der Waals surface area (Å²) in [7, 11) is 0. The summed E-state index contributed by atoms with van der Waals surface area (Å²) in [5.74, 6) is 0.794. The molecule has 1 aliphatic rings. The minimum atomic E-state index is -0.545. The van der Waals surface area contributed by atoms with Crippen LogP contribution < -0.4 is 10.5 Å². The zero-order valence-electron chi connectivity index (χ0n) is 17.1. The van der Waals surface area contributed by atoms with Crippen molar-refractivity contribution in [3.05, 3.63) is 79.0 Å². The number of hydrogen-bond acceptors (Lipinski definition) is 4. The maximum atomic E-state index is 12.1. The van der Waals surface area contributed by atoms with Gasteiger partial charge in [-0.2, -0.15) is 5.10 Å². The van der Waals surface area contributed by atoms with Crippen molar-refractivity contribution in [3.63, 3.8) is 0 Å². The van der Waals surface area contributed by atoms with Gasteiger partial charge in [-0.1, -0.05) is 24.8 Å². The van der Waals surface area contributed by atoms with E-state index in [9.17, 15) is 9.59 Å². The van der Waals surface area contributed by atoms with Crippen molar-refractivity contribution >= 4 is 11.8 Å². The second-order valence-corrected chi connectivity index (χ2v) is 7.45. The number of hydrogen-bond donors (Lipinski definition) is 1. The van der Waals surface area contributed by atoms with Gasteiger partial charge in [-0.25, -0.2) is 0 Å². The van der Waals surface area contributed by atoms with Crippen LogP contribution in [0.25, 0.3) is 11.3 Å². The normalized spacial score (nSPS) is 15.6. The number of nitrogens with two attached hydrogens (primary N) is 1. The van der Waals surface area contributed by atoms with Gasteiger partial charge in [0.05, 0.1) is 18.2 Å². The van der Waals surface area contributed by atoms with E-state index in [0.29, 0.717) is 30.1 Å². The molecule has 0 saturated carbocycles. The first-order valence-corrected chi connectivity index (χ1v) is 10.2. The lowest BCUT2D eigenvalue weighted by atomic mass is 10.1. The molecule has 1 atom stereocenters. The summed E-state index contributed by atoms with van der Waals surface area (Å²) >= 11 is 0. The molecule has 2 heterocycles. The molecule has 0 spiro atoms. The van der Waals surface area contributed by atoms with Gasteiger partial charge in [0.15, 0.2) is 0 Å². The first-order valence-electron chi connectivity index (χ1n) is 10.2.